The normalized spacial score (nSPS) is 14.6. The van der Waals surface area contributed by atoms with Crippen LogP contribution in [0.3, 0.4) is 0 Å². The Hall–Kier alpha value is -1.96. The Morgan fingerprint density at radius 3 is 1.50 bits per heavy atom. The van der Waals surface area contributed by atoms with Crippen LogP contribution in [0.4, 0.5) is 11.4 Å². The van der Waals surface area contributed by atoms with E-state index in [1.54, 1.807) is 0 Å². The predicted octanol–water partition coefficient (Wildman–Crippen LogP) is 3.27. The van der Waals surface area contributed by atoms with Crippen molar-refractivity contribution in [3.8, 4) is 0 Å². The molecule has 2 heteroatoms. The zero-order chi connectivity index (χ0) is 12.5. The van der Waals surface area contributed by atoms with Gasteiger partial charge in [-0.05, 0) is 23.3 Å². The summed E-state index contributed by atoms with van der Waals surface area (Å²) in [5.74, 6) is 0. The van der Waals surface area contributed by atoms with Gasteiger partial charge in [-0.15, -0.1) is 0 Å². The molecule has 0 aliphatic carbocycles. The van der Waals surface area contributed by atoms with Crippen molar-refractivity contribution in [2.24, 2.45) is 0 Å². The second kappa shape index (κ2) is 4.37. The summed E-state index contributed by atoms with van der Waals surface area (Å²) in [5.41, 5.74) is 5.44. The topological polar surface area (TPSA) is 6.48 Å². The fourth-order valence-corrected chi connectivity index (χ4v) is 2.72. The minimum absolute atomic E-state index is 0.956. The molecule has 0 aromatic heterocycles. The first-order valence-electron chi connectivity index (χ1n) is 6.34. The molecular weight excluding hydrogens is 220 g/mol. The molecule has 0 saturated carbocycles. The Balaban J connectivity index is 2.09. The Morgan fingerprint density at radius 2 is 1.06 bits per heavy atom. The van der Waals surface area contributed by atoms with Crippen LogP contribution in [-0.4, -0.2) is 14.1 Å². The summed E-state index contributed by atoms with van der Waals surface area (Å²) in [7, 11) is 4.34. The van der Waals surface area contributed by atoms with Gasteiger partial charge in [-0.2, -0.15) is 0 Å². The van der Waals surface area contributed by atoms with Gasteiger partial charge in [0.25, 0.3) is 0 Å². The highest BCUT2D eigenvalue weighted by atomic mass is 15.2. The summed E-state index contributed by atoms with van der Waals surface area (Å²) in [4.78, 5) is 4.67. The van der Waals surface area contributed by atoms with Crippen LogP contribution in [0.15, 0.2) is 48.5 Å². The molecule has 1 aliphatic rings. The van der Waals surface area contributed by atoms with Crippen LogP contribution in [0.5, 0.6) is 0 Å². The number of anilines is 2. The average molecular weight is 238 g/mol. The van der Waals surface area contributed by atoms with Crippen LogP contribution >= 0.6 is 0 Å². The fourth-order valence-electron chi connectivity index (χ4n) is 2.72. The summed E-state index contributed by atoms with van der Waals surface area (Å²) in [6, 6.07) is 17.3. The highest BCUT2D eigenvalue weighted by Crippen LogP contribution is 2.30. The molecule has 0 N–H and O–H groups in total. The van der Waals surface area contributed by atoms with Gasteiger partial charge in [0.2, 0.25) is 0 Å². The van der Waals surface area contributed by atoms with E-state index in [1.807, 2.05) is 0 Å². The van der Waals surface area contributed by atoms with Crippen molar-refractivity contribution in [1.29, 1.82) is 0 Å². The zero-order valence-electron chi connectivity index (χ0n) is 10.9. The van der Waals surface area contributed by atoms with Crippen molar-refractivity contribution in [2.75, 3.05) is 23.9 Å². The minimum Gasteiger partial charge on any atom is -0.370 e. The molecule has 18 heavy (non-hydrogen) atoms. The molecule has 0 atom stereocenters. The molecule has 0 bridgehead atoms. The van der Waals surface area contributed by atoms with Crippen LogP contribution < -0.4 is 9.80 Å². The average Bonchev–Trinajstić information content (AvgIpc) is 2.38. The van der Waals surface area contributed by atoms with Crippen LogP contribution in [-0.2, 0) is 13.1 Å². The molecular formula is C16H18N2. The largest absolute Gasteiger partial charge is 0.370 e. The minimum atomic E-state index is 0.956. The van der Waals surface area contributed by atoms with Crippen molar-refractivity contribution >= 4 is 11.4 Å². The molecule has 1 heterocycles. The molecule has 3 rings (SSSR count). The highest BCUT2D eigenvalue weighted by Gasteiger charge is 2.16. The molecule has 0 radical (unpaired) electrons. The van der Waals surface area contributed by atoms with E-state index in [0.717, 1.165) is 13.1 Å². The van der Waals surface area contributed by atoms with Gasteiger partial charge in [0.1, 0.15) is 0 Å². The smallest absolute Gasteiger partial charge is 0.0446 e. The number of fused-ring (bicyclic) bond motifs is 2. The SMILES string of the molecule is CN1Cc2ccccc2N(C)Cc2ccccc21. The lowest BCUT2D eigenvalue weighted by molar-refractivity contribution is 0.837. The molecule has 0 spiro atoms. The summed E-state index contributed by atoms with van der Waals surface area (Å²) in [6.07, 6.45) is 0. The zero-order valence-corrected chi connectivity index (χ0v) is 10.9. The molecule has 0 fully saturated rings. The third kappa shape index (κ3) is 1.84. The first kappa shape index (κ1) is 11.1. The molecule has 2 aromatic rings. The van der Waals surface area contributed by atoms with E-state index in [9.17, 15) is 0 Å². The van der Waals surface area contributed by atoms with E-state index in [2.05, 4.69) is 72.4 Å². The van der Waals surface area contributed by atoms with Gasteiger partial charge in [-0.25, -0.2) is 0 Å². The summed E-state index contributed by atoms with van der Waals surface area (Å²) < 4.78 is 0. The van der Waals surface area contributed by atoms with Crippen molar-refractivity contribution in [3.63, 3.8) is 0 Å². The number of rotatable bonds is 0. The number of benzene rings is 2. The second-order valence-corrected chi connectivity index (χ2v) is 4.97. The lowest BCUT2D eigenvalue weighted by atomic mass is 10.1. The second-order valence-electron chi connectivity index (χ2n) is 4.97. The van der Waals surface area contributed by atoms with Gasteiger partial charge in [0.15, 0.2) is 0 Å². The maximum atomic E-state index is 2.33. The Morgan fingerprint density at radius 1 is 0.667 bits per heavy atom. The summed E-state index contributed by atoms with van der Waals surface area (Å²) in [5, 5.41) is 0. The van der Waals surface area contributed by atoms with Crippen LogP contribution in [0.2, 0.25) is 0 Å². The van der Waals surface area contributed by atoms with Gasteiger partial charge < -0.3 is 9.80 Å². The van der Waals surface area contributed by atoms with Gasteiger partial charge in [-0.3, -0.25) is 0 Å². The molecule has 0 saturated heterocycles. The van der Waals surface area contributed by atoms with E-state index in [-0.39, 0.29) is 0 Å². The van der Waals surface area contributed by atoms with Crippen LogP contribution in [0, 0.1) is 0 Å². The quantitative estimate of drug-likeness (QED) is 0.695. The van der Waals surface area contributed by atoms with E-state index in [1.165, 1.54) is 22.5 Å². The first-order valence-corrected chi connectivity index (χ1v) is 6.34. The van der Waals surface area contributed by atoms with E-state index < -0.39 is 0 Å². The standard InChI is InChI=1S/C16H18N2/c1-17-11-13-7-4-6-10-16(13)18(2)12-14-8-3-5-9-15(14)17/h3-10H,11-12H2,1-2H3. The Labute approximate surface area is 108 Å². The third-order valence-electron chi connectivity index (χ3n) is 3.62. The van der Waals surface area contributed by atoms with Crippen molar-refractivity contribution in [1.82, 2.24) is 0 Å². The molecule has 2 aromatic carbocycles. The molecule has 0 unspecified atom stereocenters. The third-order valence-corrected chi connectivity index (χ3v) is 3.62. The Kier molecular flexibility index (Phi) is 2.71. The highest BCUT2D eigenvalue weighted by molar-refractivity contribution is 5.61. The maximum absolute atomic E-state index is 2.33. The summed E-state index contributed by atoms with van der Waals surface area (Å²) in [6.45, 7) is 1.91. The molecule has 92 valence electrons. The molecule has 1 aliphatic heterocycles. The summed E-state index contributed by atoms with van der Waals surface area (Å²) >= 11 is 0. The van der Waals surface area contributed by atoms with Gasteiger partial charge in [0.05, 0.1) is 0 Å². The fraction of sp³-hybridized carbons (Fsp3) is 0.250. The van der Waals surface area contributed by atoms with Crippen molar-refractivity contribution < 1.29 is 0 Å². The Bertz CT molecular complexity index is 511. The monoisotopic (exact) mass is 238 g/mol. The number of nitrogens with zero attached hydrogens (tertiary/aromatic N) is 2. The van der Waals surface area contributed by atoms with Crippen molar-refractivity contribution in [3.05, 3.63) is 59.7 Å². The van der Waals surface area contributed by atoms with E-state index in [0.29, 0.717) is 0 Å². The number of hydrogen-bond acceptors (Lipinski definition) is 2. The van der Waals surface area contributed by atoms with Crippen LogP contribution in [0.1, 0.15) is 11.1 Å². The number of para-hydroxylation sites is 2. The van der Waals surface area contributed by atoms with Crippen molar-refractivity contribution in [2.45, 2.75) is 13.1 Å². The first-order chi connectivity index (χ1) is 8.75. The van der Waals surface area contributed by atoms with Gasteiger partial charge in [-0.1, -0.05) is 36.4 Å². The van der Waals surface area contributed by atoms with E-state index >= 15 is 0 Å². The lowest BCUT2D eigenvalue weighted by Crippen LogP contribution is -2.27. The van der Waals surface area contributed by atoms with Gasteiger partial charge >= 0.3 is 0 Å². The lowest BCUT2D eigenvalue weighted by Gasteiger charge is -2.31. The van der Waals surface area contributed by atoms with Gasteiger partial charge in [0, 0.05) is 38.6 Å². The van der Waals surface area contributed by atoms with E-state index in [4.69, 9.17) is 0 Å². The predicted molar refractivity (Wildman–Crippen MR) is 77.1 cm³/mol. The molecule has 0 amide bonds. The number of hydrogen-bond donors (Lipinski definition) is 0. The van der Waals surface area contributed by atoms with Crippen LogP contribution in [0.25, 0.3) is 0 Å². The molecule has 2 nitrogen and oxygen atoms in total. The maximum Gasteiger partial charge on any atom is 0.0446 e.